The van der Waals surface area contributed by atoms with Gasteiger partial charge >= 0.3 is 0 Å². The highest BCUT2D eigenvalue weighted by atomic mass is 16.2. The Labute approximate surface area is 125 Å². The fourth-order valence-corrected chi connectivity index (χ4v) is 2.63. The lowest BCUT2D eigenvalue weighted by Gasteiger charge is -2.25. The van der Waals surface area contributed by atoms with Gasteiger partial charge in [0.05, 0.1) is 0 Å². The van der Waals surface area contributed by atoms with Gasteiger partial charge in [-0.25, -0.2) is 0 Å². The minimum atomic E-state index is -0.433. The molecule has 0 atom stereocenters. The highest BCUT2D eigenvalue weighted by Gasteiger charge is 2.19. The van der Waals surface area contributed by atoms with Crippen LogP contribution in [-0.4, -0.2) is 36.9 Å². The van der Waals surface area contributed by atoms with Crippen molar-refractivity contribution in [1.82, 2.24) is 10.2 Å². The van der Waals surface area contributed by atoms with Crippen molar-refractivity contribution in [2.45, 2.75) is 25.8 Å². The molecule has 1 aliphatic rings. The largest absolute Gasteiger partial charge is 0.366 e. The summed E-state index contributed by atoms with van der Waals surface area (Å²) in [6, 6.07) is 7.08. The normalized spacial score (nSPS) is 15.7. The highest BCUT2D eigenvalue weighted by Crippen LogP contribution is 2.17. The number of carbonyl (C=O) groups is 2. The molecule has 1 fully saturated rings. The summed E-state index contributed by atoms with van der Waals surface area (Å²) in [5.74, 6) is 0.246. The Balaban J connectivity index is 1.86. The number of nitrogens with two attached hydrogens (primary N) is 1. The van der Waals surface area contributed by atoms with E-state index in [0.29, 0.717) is 24.4 Å². The SMILES string of the molecule is CN(Cc1ccc(C(N)=O)cc1)C(=O)CC1CCNCC1. The van der Waals surface area contributed by atoms with E-state index in [1.807, 2.05) is 19.2 Å². The lowest BCUT2D eigenvalue weighted by Crippen LogP contribution is -2.33. The average molecular weight is 289 g/mol. The molecule has 114 valence electrons. The lowest BCUT2D eigenvalue weighted by atomic mass is 9.94. The van der Waals surface area contributed by atoms with Crippen molar-refractivity contribution in [3.8, 4) is 0 Å². The van der Waals surface area contributed by atoms with E-state index in [1.165, 1.54) is 0 Å². The summed E-state index contributed by atoms with van der Waals surface area (Å²) in [6.07, 6.45) is 2.78. The summed E-state index contributed by atoms with van der Waals surface area (Å²) >= 11 is 0. The molecule has 5 heteroatoms. The number of piperidine rings is 1. The number of hydrogen-bond acceptors (Lipinski definition) is 3. The number of nitrogens with one attached hydrogen (secondary N) is 1. The van der Waals surface area contributed by atoms with Gasteiger partial charge in [-0.1, -0.05) is 12.1 Å². The molecule has 0 unspecified atom stereocenters. The molecule has 2 rings (SSSR count). The van der Waals surface area contributed by atoms with Gasteiger partial charge in [-0.05, 0) is 49.5 Å². The zero-order valence-corrected chi connectivity index (χ0v) is 12.5. The first-order valence-corrected chi connectivity index (χ1v) is 7.39. The molecule has 2 amide bonds. The van der Waals surface area contributed by atoms with Crippen molar-refractivity contribution >= 4 is 11.8 Å². The number of primary amides is 1. The maximum Gasteiger partial charge on any atom is 0.248 e. The third-order valence-corrected chi connectivity index (χ3v) is 4.01. The quantitative estimate of drug-likeness (QED) is 0.853. The molecule has 1 aromatic carbocycles. The van der Waals surface area contributed by atoms with E-state index in [-0.39, 0.29) is 5.91 Å². The maximum absolute atomic E-state index is 12.2. The molecule has 0 spiro atoms. The number of nitrogens with zero attached hydrogens (tertiary/aromatic N) is 1. The summed E-state index contributed by atoms with van der Waals surface area (Å²) < 4.78 is 0. The van der Waals surface area contributed by atoms with E-state index in [1.54, 1.807) is 17.0 Å². The summed E-state index contributed by atoms with van der Waals surface area (Å²) in [4.78, 5) is 25.0. The van der Waals surface area contributed by atoms with E-state index in [0.717, 1.165) is 31.5 Å². The molecule has 1 heterocycles. The van der Waals surface area contributed by atoms with Gasteiger partial charge in [0.25, 0.3) is 0 Å². The van der Waals surface area contributed by atoms with Crippen LogP contribution in [0, 0.1) is 5.92 Å². The fraction of sp³-hybridized carbons (Fsp3) is 0.500. The van der Waals surface area contributed by atoms with Crippen molar-refractivity contribution in [3.05, 3.63) is 35.4 Å². The first kappa shape index (κ1) is 15.5. The van der Waals surface area contributed by atoms with Crippen LogP contribution < -0.4 is 11.1 Å². The van der Waals surface area contributed by atoms with Gasteiger partial charge in [-0.3, -0.25) is 9.59 Å². The van der Waals surface area contributed by atoms with Crippen molar-refractivity contribution in [3.63, 3.8) is 0 Å². The number of amides is 2. The Hall–Kier alpha value is -1.88. The van der Waals surface area contributed by atoms with Crippen LogP contribution >= 0.6 is 0 Å². The Bertz CT molecular complexity index is 493. The third kappa shape index (κ3) is 4.56. The zero-order valence-electron chi connectivity index (χ0n) is 12.5. The number of rotatable bonds is 5. The number of carbonyl (C=O) groups excluding carboxylic acids is 2. The first-order valence-electron chi connectivity index (χ1n) is 7.39. The summed E-state index contributed by atoms with van der Waals surface area (Å²) in [5.41, 5.74) is 6.70. The second kappa shape index (κ2) is 7.22. The van der Waals surface area contributed by atoms with Crippen LogP contribution in [0.1, 0.15) is 35.2 Å². The average Bonchev–Trinajstić information content (AvgIpc) is 2.48. The van der Waals surface area contributed by atoms with Gasteiger partial charge in [-0.2, -0.15) is 0 Å². The minimum Gasteiger partial charge on any atom is -0.366 e. The molecule has 3 N–H and O–H groups in total. The highest BCUT2D eigenvalue weighted by molar-refractivity contribution is 5.92. The van der Waals surface area contributed by atoms with Gasteiger partial charge in [-0.15, -0.1) is 0 Å². The summed E-state index contributed by atoms with van der Waals surface area (Å²) in [5, 5.41) is 3.31. The van der Waals surface area contributed by atoms with Gasteiger partial charge in [0.15, 0.2) is 0 Å². The van der Waals surface area contributed by atoms with Crippen LogP contribution in [-0.2, 0) is 11.3 Å². The molecule has 1 aromatic rings. The Morgan fingerprint density at radius 1 is 1.24 bits per heavy atom. The Morgan fingerprint density at radius 2 is 1.86 bits per heavy atom. The van der Waals surface area contributed by atoms with Crippen LogP contribution in [0.4, 0.5) is 0 Å². The second-order valence-corrected chi connectivity index (χ2v) is 5.71. The number of hydrogen-bond donors (Lipinski definition) is 2. The molecule has 0 saturated carbocycles. The Morgan fingerprint density at radius 3 is 2.43 bits per heavy atom. The molecular formula is C16H23N3O2. The van der Waals surface area contributed by atoms with Gasteiger partial charge < -0.3 is 16.0 Å². The van der Waals surface area contributed by atoms with Crippen LogP contribution in [0.2, 0.25) is 0 Å². The van der Waals surface area contributed by atoms with Crippen molar-refractivity contribution in [2.24, 2.45) is 11.7 Å². The molecule has 0 aliphatic carbocycles. The van der Waals surface area contributed by atoms with Gasteiger partial charge in [0, 0.05) is 25.6 Å². The van der Waals surface area contributed by atoms with Crippen LogP contribution in [0.25, 0.3) is 0 Å². The third-order valence-electron chi connectivity index (χ3n) is 4.01. The van der Waals surface area contributed by atoms with Crippen molar-refractivity contribution in [2.75, 3.05) is 20.1 Å². The summed E-state index contributed by atoms with van der Waals surface area (Å²) in [6.45, 7) is 2.58. The second-order valence-electron chi connectivity index (χ2n) is 5.71. The van der Waals surface area contributed by atoms with Crippen molar-refractivity contribution < 1.29 is 9.59 Å². The van der Waals surface area contributed by atoms with Crippen LogP contribution in [0.15, 0.2) is 24.3 Å². The van der Waals surface area contributed by atoms with Crippen molar-refractivity contribution in [1.29, 1.82) is 0 Å². The smallest absolute Gasteiger partial charge is 0.248 e. The maximum atomic E-state index is 12.2. The lowest BCUT2D eigenvalue weighted by molar-refractivity contribution is -0.131. The predicted octanol–water partition coefficient (Wildman–Crippen LogP) is 1.13. The molecule has 0 bridgehead atoms. The standard InChI is InChI=1S/C16H23N3O2/c1-19(15(20)10-12-6-8-18-9-7-12)11-13-2-4-14(5-3-13)16(17)21/h2-5,12,18H,6-11H2,1H3,(H2,17,21). The topological polar surface area (TPSA) is 75.4 Å². The fourth-order valence-electron chi connectivity index (χ4n) is 2.63. The molecular weight excluding hydrogens is 266 g/mol. The molecule has 0 aromatic heterocycles. The molecule has 1 saturated heterocycles. The van der Waals surface area contributed by atoms with E-state index in [2.05, 4.69) is 5.32 Å². The number of benzene rings is 1. The van der Waals surface area contributed by atoms with E-state index in [9.17, 15) is 9.59 Å². The monoisotopic (exact) mass is 289 g/mol. The van der Waals surface area contributed by atoms with E-state index in [4.69, 9.17) is 5.73 Å². The van der Waals surface area contributed by atoms with Gasteiger partial charge in [0.2, 0.25) is 11.8 Å². The molecule has 5 nitrogen and oxygen atoms in total. The zero-order chi connectivity index (χ0) is 15.2. The van der Waals surface area contributed by atoms with Crippen LogP contribution in [0.5, 0.6) is 0 Å². The predicted molar refractivity (Wildman–Crippen MR) is 81.6 cm³/mol. The summed E-state index contributed by atoms with van der Waals surface area (Å²) in [7, 11) is 1.82. The van der Waals surface area contributed by atoms with Crippen LogP contribution in [0.3, 0.4) is 0 Å². The molecule has 1 aliphatic heterocycles. The Kier molecular flexibility index (Phi) is 5.33. The van der Waals surface area contributed by atoms with E-state index < -0.39 is 5.91 Å². The minimum absolute atomic E-state index is 0.181. The first-order chi connectivity index (χ1) is 10.1. The van der Waals surface area contributed by atoms with Gasteiger partial charge in [0.1, 0.15) is 0 Å². The van der Waals surface area contributed by atoms with E-state index >= 15 is 0 Å². The molecule has 0 radical (unpaired) electrons. The molecule has 21 heavy (non-hydrogen) atoms.